The van der Waals surface area contributed by atoms with E-state index in [1.165, 1.54) is 0 Å². The Balaban J connectivity index is 1.58. The van der Waals surface area contributed by atoms with E-state index in [0.29, 0.717) is 23.5 Å². The van der Waals surface area contributed by atoms with Gasteiger partial charge in [0.1, 0.15) is 11.5 Å². The van der Waals surface area contributed by atoms with E-state index in [4.69, 9.17) is 9.47 Å². The summed E-state index contributed by atoms with van der Waals surface area (Å²) in [6.07, 6.45) is 2.45. The topological polar surface area (TPSA) is 83.6 Å². The van der Waals surface area contributed by atoms with E-state index >= 15 is 0 Å². The van der Waals surface area contributed by atoms with Crippen molar-refractivity contribution in [2.75, 3.05) is 20.8 Å². The predicted octanol–water partition coefficient (Wildman–Crippen LogP) is 4.49. The first-order valence-corrected chi connectivity index (χ1v) is 10.8. The summed E-state index contributed by atoms with van der Waals surface area (Å²) >= 11 is 0. The second-order valence-electron chi connectivity index (χ2n) is 8.01. The molecule has 3 N–H and O–H groups in total. The van der Waals surface area contributed by atoms with Gasteiger partial charge in [0, 0.05) is 28.2 Å². The second kappa shape index (κ2) is 9.79. The van der Waals surface area contributed by atoms with E-state index in [9.17, 15) is 9.90 Å². The molecule has 1 atom stereocenters. The van der Waals surface area contributed by atoms with Crippen molar-refractivity contribution in [3.8, 4) is 22.6 Å². The van der Waals surface area contributed by atoms with Crippen molar-refractivity contribution in [1.29, 1.82) is 0 Å². The lowest BCUT2D eigenvalue weighted by Gasteiger charge is -2.18. The van der Waals surface area contributed by atoms with Crippen molar-refractivity contribution in [3.05, 3.63) is 83.6 Å². The number of aliphatic hydroxyl groups is 1. The van der Waals surface area contributed by atoms with Gasteiger partial charge in [0.2, 0.25) is 0 Å². The molecule has 0 aliphatic heterocycles. The molecule has 1 heterocycles. The Morgan fingerprint density at radius 1 is 1.03 bits per heavy atom. The minimum absolute atomic E-state index is 0.159. The summed E-state index contributed by atoms with van der Waals surface area (Å²) < 4.78 is 10.9. The number of amides is 1. The standard InChI is InChI=1S/C27H28N2O4/c1-17-8-9-18(13-23(17)24-14-21(32-2)10-11-26(24)33-3)27(31)29-20(16-30)12-19-15-28-25-7-5-4-6-22(19)25/h4-11,13-15,20,28,30H,12,16H2,1-3H3,(H,29,31). The predicted molar refractivity (Wildman–Crippen MR) is 130 cm³/mol. The first kappa shape index (κ1) is 22.4. The van der Waals surface area contributed by atoms with Crippen molar-refractivity contribution >= 4 is 16.8 Å². The fourth-order valence-corrected chi connectivity index (χ4v) is 4.07. The molecule has 1 aromatic heterocycles. The van der Waals surface area contributed by atoms with Gasteiger partial charge in [0.25, 0.3) is 5.91 Å². The molecule has 1 amide bonds. The van der Waals surface area contributed by atoms with E-state index < -0.39 is 6.04 Å². The fraction of sp³-hybridized carbons (Fsp3) is 0.222. The Labute approximate surface area is 193 Å². The summed E-state index contributed by atoms with van der Waals surface area (Å²) in [5.41, 5.74) is 5.34. The molecule has 0 radical (unpaired) electrons. The first-order chi connectivity index (χ1) is 16.0. The number of aliphatic hydroxyl groups excluding tert-OH is 1. The summed E-state index contributed by atoms with van der Waals surface area (Å²) in [7, 11) is 3.23. The SMILES string of the molecule is COc1ccc(OC)c(-c2cc(C(=O)NC(CO)Cc3c[nH]c4ccccc34)ccc2C)c1. The van der Waals surface area contributed by atoms with Gasteiger partial charge >= 0.3 is 0 Å². The van der Waals surface area contributed by atoms with E-state index in [1.807, 2.05) is 67.7 Å². The number of hydrogen-bond acceptors (Lipinski definition) is 4. The van der Waals surface area contributed by atoms with E-state index in [0.717, 1.165) is 33.2 Å². The van der Waals surface area contributed by atoms with Crippen molar-refractivity contribution < 1.29 is 19.4 Å². The lowest BCUT2D eigenvalue weighted by Crippen LogP contribution is -2.39. The maximum Gasteiger partial charge on any atom is 0.251 e. The zero-order chi connectivity index (χ0) is 23.4. The molecule has 33 heavy (non-hydrogen) atoms. The molecule has 6 nitrogen and oxygen atoms in total. The van der Waals surface area contributed by atoms with Crippen LogP contribution in [0.2, 0.25) is 0 Å². The molecule has 170 valence electrons. The van der Waals surface area contributed by atoms with Gasteiger partial charge in [-0.25, -0.2) is 0 Å². The lowest BCUT2D eigenvalue weighted by molar-refractivity contribution is 0.0916. The quantitative estimate of drug-likeness (QED) is 0.374. The summed E-state index contributed by atoms with van der Waals surface area (Å²) in [5.74, 6) is 1.17. The molecule has 3 aromatic carbocycles. The number of ether oxygens (including phenoxy) is 2. The van der Waals surface area contributed by atoms with Gasteiger partial charge in [-0.05, 0) is 66.4 Å². The summed E-state index contributed by atoms with van der Waals surface area (Å²) in [6, 6.07) is 18.7. The molecule has 0 fully saturated rings. The molecule has 1 unspecified atom stereocenters. The second-order valence-corrected chi connectivity index (χ2v) is 8.01. The largest absolute Gasteiger partial charge is 0.497 e. The Hall–Kier alpha value is -3.77. The first-order valence-electron chi connectivity index (χ1n) is 10.8. The number of nitrogens with one attached hydrogen (secondary N) is 2. The smallest absolute Gasteiger partial charge is 0.251 e. The third-order valence-corrected chi connectivity index (χ3v) is 5.89. The molecule has 4 aromatic rings. The van der Waals surface area contributed by atoms with Crippen molar-refractivity contribution in [3.63, 3.8) is 0 Å². The van der Waals surface area contributed by atoms with Gasteiger partial charge < -0.3 is 24.9 Å². The van der Waals surface area contributed by atoms with Crippen molar-refractivity contribution in [2.45, 2.75) is 19.4 Å². The van der Waals surface area contributed by atoms with Gasteiger partial charge in [0.15, 0.2) is 0 Å². The summed E-state index contributed by atoms with van der Waals surface area (Å²) in [4.78, 5) is 16.3. The van der Waals surface area contributed by atoms with Crippen LogP contribution < -0.4 is 14.8 Å². The molecule has 0 aliphatic rings. The average Bonchev–Trinajstić information content (AvgIpc) is 3.26. The molecular formula is C27H28N2O4. The Bertz CT molecular complexity index is 1280. The third-order valence-electron chi connectivity index (χ3n) is 5.89. The number of carbonyl (C=O) groups excluding carboxylic acids is 1. The maximum atomic E-state index is 13.1. The van der Waals surface area contributed by atoms with Crippen LogP contribution in [-0.4, -0.2) is 42.9 Å². The molecular weight excluding hydrogens is 416 g/mol. The number of aromatic nitrogens is 1. The maximum absolute atomic E-state index is 13.1. The van der Waals surface area contributed by atoms with Crippen LogP contribution in [0.1, 0.15) is 21.5 Å². The summed E-state index contributed by atoms with van der Waals surface area (Å²) in [5, 5.41) is 14.0. The lowest BCUT2D eigenvalue weighted by atomic mass is 9.96. The number of carbonyl (C=O) groups is 1. The van der Waals surface area contributed by atoms with Gasteiger partial charge in [-0.15, -0.1) is 0 Å². The van der Waals surface area contributed by atoms with Gasteiger partial charge in [-0.1, -0.05) is 24.3 Å². The number of hydrogen-bond donors (Lipinski definition) is 3. The molecule has 4 rings (SSSR count). The zero-order valence-electron chi connectivity index (χ0n) is 19.0. The van der Waals surface area contributed by atoms with Crippen LogP contribution in [0.5, 0.6) is 11.5 Å². The van der Waals surface area contributed by atoms with Crippen molar-refractivity contribution in [1.82, 2.24) is 10.3 Å². The number of rotatable bonds is 8. The van der Waals surface area contributed by atoms with Crippen LogP contribution >= 0.6 is 0 Å². The van der Waals surface area contributed by atoms with Gasteiger partial charge in [-0.3, -0.25) is 4.79 Å². The number of aryl methyl sites for hydroxylation is 1. The number of H-pyrrole nitrogens is 1. The Kier molecular flexibility index (Phi) is 6.66. The number of methoxy groups -OCH3 is 2. The van der Waals surface area contributed by atoms with Crippen LogP contribution in [0.4, 0.5) is 0 Å². The summed E-state index contributed by atoms with van der Waals surface area (Å²) in [6.45, 7) is 1.83. The highest BCUT2D eigenvalue weighted by atomic mass is 16.5. The average molecular weight is 445 g/mol. The molecule has 6 heteroatoms. The number of para-hydroxylation sites is 1. The third kappa shape index (κ3) is 4.71. The van der Waals surface area contributed by atoms with Crippen LogP contribution in [0.25, 0.3) is 22.0 Å². The van der Waals surface area contributed by atoms with Gasteiger partial charge in [0.05, 0.1) is 26.9 Å². The molecule has 0 saturated heterocycles. The van der Waals surface area contributed by atoms with E-state index in [2.05, 4.69) is 10.3 Å². The zero-order valence-corrected chi connectivity index (χ0v) is 19.0. The van der Waals surface area contributed by atoms with Crippen LogP contribution in [0.3, 0.4) is 0 Å². The van der Waals surface area contributed by atoms with Crippen molar-refractivity contribution in [2.24, 2.45) is 0 Å². The van der Waals surface area contributed by atoms with E-state index in [-0.39, 0.29) is 12.5 Å². The fourth-order valence-electron chi connectivity index (χ4n) is 4.07. The molecule has 0 bridgehead atoms. The van der Waals surface area contributed by atoms with Crippen LogP contribution in [-0.2, 0) is 6.42 Å². The minimum Gasteiger partial charge on any atom is -0.497 e. The molecule has 0 saturated carbocycles. The normalized spacial score (nSPS) is 11.9. The monoisotopic (exact) mass is 444 g/mol. The highest BCUT2D eigenvalue weighted by molar-refractivity contribution is 5.96. The minimum atomic E-state index is -0.409. The molecule has 0 spiro atoms. The Morgan fingerprint density at radius 3 is 2.61 bits per heavy atom. The highest BCUT2D eigenvalue weighted by Crippen LogP contribution is 2.35. The van der Waals surface area contributed by atoms with Crippen LogP contribution in [0.15, 0.2) is 66.9 Å². The Morgan fingerprint density at radius 2 is 1.85 bits per heavy atom. The molecule has 0 aliphatic carbocycles. The van der Waals surface area contributed by atoms with Crippen LogP contribution in [0, 0.1) is 6.92 Å². The van der Waals surface area contributed by atoms with Gasteiger partial charge in [-0.2, -0.15) is 0 Å². The van der Waals surface area contributed by atoms with E-state index in [1.54, 1.807) is 20.3 Å². The highest BCUT2D eigenvalue weighted by Gasteiger charge is 2.18. The number of aromatic amines is 1. The number of fused-ring (bicyclic) bond motifs is 1. The number of benzene rings is 3.